The SMILES string of the molecule is CCCNc1ccc(C)cc1C(=O)NCCc1ccco1. The largest absolute Gasteiger partial charge is 0.469 e. The summed E-state index contributed by atoms with van der Waals surface area (Å²) in [5.41, 5.74) is 2.66. The lowest BCUT2D eigenvalue weighted by atomic mass is 10.1. The molecule has 0 saturated heterocycles. The van der Waals surface area contributed by atoms with Crippen LogP contribution in [0.5, 0.6) is 0 Å². The summed E-state index contributed by atoms with van der Waals surface area (Å²) < 4.78 is 5.25. The molecular formula is C17H22N2O2. The Kier molecular flexibility index (Phi) is 5.43. The molecule has 0 aliphatic rings. The average Bonchev–Trinajstić information content (AvgIpc) is 2.99. The van der Waals surface area contributed by atoms with Gasteiger partial charge in [-0.25, -0.2) is 0 Å². The molecule has 0 aliphatic carbocycles. The lowest BCUT2D eigenvalue weighted by molar-refractivity contribution is 0.0954. The first-order valence-electron chi connectivity index (χ1n) is 7.36. The normalized spacial score (nSPS) is 10.4. The number of nitrogens with one attached hydrogen (secondary N) is 2. The third-order valence-corrected chi connectivity index (χ3v) is 3.22. The molecule has 2 N–H and O–H groups in total. The van der Waals surface area contributed by atoms with Crippen LogP contribution in [0.1, 0.15) is 35.0 Å². The van der Waals surface area contributed by atoms with Crippen LogP contribution >= 0.6 is 0 Å². The summed E-state index contributed by atoms with van der Waals surface area (Å²) in [7, 11) is 0. The van der Waals surface area contributed by atoms with Crippen LogP contribution in [0, 0.1) is 6.92 Å². The van der Waals surface area contributed by atoms with E-state index in [0.717, 1.165) is 30.0 Å². The number of hydrogen-bond donors (Lipinski definition) is 2. The molecule has 0 bridgehead atoms. The summed E-state index contributed by atoms with van der Waals surface area (Å²) in [4.78, 5) is 12.3. The molecule has 21 heavy (non-hydrogen) atoms. The maximum Gasteiger partial charge on any atom is 0.253 e. The van der Waals surface area contributed by atoms with E-state index < -0.39 is 0 Å². The zero-order valence-electron chi connectivity index (χ0n) is 12.6. The summed E-state index contributed by atoms with van der Waals surface area (Å²) in [6, 6.07) is 9.65. The predicted octanol–water partition coefficient (Wildman–Crippen LogP) is 3.38. The van der Waals surface area contributed by atoms with Crippen LogP contribution in [-0.2, 0) is 6.42 Å². The van der Waals surface area contributed by atoms with Crippen LogP contribution < -0.4 is 10.6 Å². The van der Waals surface area contributed by atoms with Crippen molar-refractivity contribution in [2.45, 2.75) is 26.7 Å². The van der Waals surface area contributed by atoms with Crippen molar-refractivity contribution in [3.8, 4) is 0 Å². The van der Waals surface area contributed by atoms with Crippen LogP contribution in [0.25, 0.3) is 0 Å². The summed E-state index contributed by atoms with van der Waals surface area (Å²) in [6.07, 6.45) is 3.36. The van der Waals surface area contributed by atoms with Crippen LogP contribution in [-0.4, -0.2) is 19.0 Å². The maximum atomic E-state index is 12.3. The minimum Gasteiger partial charge on any atom is -0.469 e. The topological polar surface area (TPSA) is 54.3 Å². The standard InChI is InChI=1S/C17H22N2O2/c1-3-9-18-16-7-6-13(2)12-15(16)17(20)19-10-8-14-5-4-11-21-14/h4-7,11-12,18H,3,8-10H2,1-2H3,(H,19,20). The number of hydrogen-bond acceptors (Lipinski definition) is 3. The van der Waals surface area contributed by atoms with Gasteiger partial charge in [0.15, 0.2) is 0 Å². The lowest BCUT2D eigenvalue weighted by Crippen LogP contribution is -2.26. The minimum absolute atomic E-state index is 0.0520. The highest BCUT2D eigenvalue weighted by Crippen LogP contribution is 2.17. The summed E-state index contributed by atoms with van der Waals surface area (Å²) in [5, 5.41) is 6.24. The molecule has 0 spiro atoms. The molecular weight excluding hydrogens is 264 g/mol. The highest BCUT2D eigenvalue weighted by atomic mass is 16.3. The van der Waals surface area contributed by atoms with Crippen molar-refractivity contribution in [2.24, 2.45) is 0 Å². The fraction of sp³-hybridized carbons (Fsp3) is 0.353. The van der Waals surface area contributed by atoms with Gasteiger partial charge in [0, 0.05) is 25.2 Å². The zero-order valence-corrected chi connectivity index (χ0v) is 12.6. The van der Waals surface area contributed by atoms with E-state index in [-0.39, 0.29) is 5.91 Å². The molecule has 0 saturated carbocycles. The molecule has 0 radical (unpaired) electrons. The molecule has 0 atom stereocenters. The summed E-state index contributed by atoms with van der Waals surface area (Å²) in [6.45, 7) is 5.51. The first-order chi connectivity index (χ1) is 10.2. The Hall–Kier alpha value is -2.23. The number of aryl methyl sites for hydroxylation is 1. The van der Waals surface area contributed by atoms with Crippen molar-refractivity contribution in [1.82, 2.24) is 5.32 Å². The van der Waals surface area contributed by atoms with Crippen molar-refractivity contribution in [3.63, 3.8) is 0 Å². The summed E-state index contributed by atoms with van der Waals surface area (Å²) >= 11 is 0. The van der Waals surface area contributed by atoms with Crippen LogP contribution in [0.3, 0.4) is 0 Å². The molecule has 112 valence electrons. The Morgan fingerprint density at radius 3 is 2.81 bits per heavy atom. The van der Waals surface area contributed by atoms with Gasteiger partial charge in [-0.1, -0.05) is 18.6 Å². The molecule has 1 heterocycles. The maximum absolute atomic E-state index is 12.3. The van der Waals surface area contributed by atoms with E-state index in [0.29, 0.717) is 18.5 Å². The minimum atomic E-state index is -0.0520. The van der Waals surface area contributed by atoms with Gasteiger partial charge in [0.1, 0.15) is 5.76 Å². The number of anilines is 1. The van der Waals surface area contributed by atoms with Crippen molar-refractivity contribution >= 4 is 11.6 Å². The quantitative estimate of drug-likeness (QED) is 0.820. The van der Waals surface area contributed by atoms with Crippen molar-refractivity contribution in [3.05, 3.63) is 53.5 Å². The molecule has 4 nitrogen and oxygen atoms in total. The van der Waals surface area contributed by atoms with Crippen LogP contribution in [0.15, 0.2) is 41.0 Å². The second-order valence-electron chi connectivity index (χ2n) is 5.06. The fourth-order valence-electron chi connectivity index (χ4n) is 2.11. The molecule has 1 amide bonds. The number of rotatable bonds is 7. The van der Waals surface area contributed by atoms with E-state index in [1.165, 1.54) is 0 Å². The van der Waals surface area contributed by atoms with Crippen molar-refractivity contribution in [1.29, 1.82) is 0 Å². The van der Waals surface area contributed by atoms with Gasteiger partial charge < -0.3 is 15.1 Å². The Bertz CT molecular complexity index is 576. The lowest BCUT2D eigenvalue weighted by Gasteiger charge is -2.12. The van der Waals surface area contributed by atoms with Gasteiger partial charge in [-0.2, -0.15) is 0 Å². The number of furan rings is 1. The average molecular weight is 286 g/mol. The van der Waals surface area contributed by atoms with E-state index >= 15 is 0 Å². The Labute approximate surface area is 125 Å². The van der Waals surface area contributed by atoms with Gasteiger partial charge in [-0.05, 0) is 37.6 Å². The Morgan fingerprint density at radius 2 is 2.10 bits per heavy atom. The van der Waals surface area contributed by atoms with Gasteiger partial charge in [-0.3, -0.25) is 4.79 Å². The molecule has 0 aliphatic heterocycles. The first-order valence-corrected chi connectivity index (χ1v) is 7.36. The van der Waals surface area contributed by atoms with Crippen LogP contribution in [0.4, 0.5) is 5.69 Å². The van der Waals surface area contributed by atoms with Gasteiger partial charge in [0.2, 0.25) is 0 Å². The predicted molar refractivity (Wildman–Crippen MR) is 84.7 cm³/mol. The first kappa shape index (κ1) is 15.2. The third kappa shape index (κ3) is 4.38. The molecule has 1 aromatic heterocycles. The molecule has 2 aromatic rings. The molecule has 0 fully saturated rings. The molecule has 0 unspecified atom stereocenters. The van der Waals surface area contributed by atoms with Gasteiger partial charge in [0.05, 0.1) is 11.8 Å². The van der Waals surface area contributed by atoms with E-state index in [4.69, 9.17) is 4.42 Å². The van der Waals surface area contributed by atoms with E-state index in [1.54, 1.807) is 6.26 Å². The van der Waals surface area contributed by atoms with E-state index in [2.05, 4.69) is 17.6 Å². The number of carbonyl (C=O) groups is 1. The number of carbonyl (C=O) groups excluding carboxylic acids is 1. The van der Waals surface area contributed by atoms with Crippen molar-refractivity contribution < 1.29 is 9.21 Å². The third-order valence-electron chi connectivity index (χ3n) is 3.22. The second kappa shape index (κ2) is 7.53. The Balaban J connectivity index is 1.98. The smallest absolute Gasteiger partial charge is 0.253 e. The summed E-state index contributed by atoms with van der Waals surface area (Å²) in [5.74, 6) is 0.827. The van der Waals surface area contributed by atoms with Crippen LogP contribution in [0.2, 0.25) is 0 Å². The molecule has 1 aromatic carbocycles. The zero-order chi connectivity index (χ0) is 15.1. The van der Waals surface area contributed by atoms with E-state index in [1.807, 2.05) is 37.3 Å². The number of benzene rings is 1. The molecule has 4 heteroatoms. The van der Waals surface area contributed by atoms with Crippen molar-refractivity contribution in [2.75, 3.05) is 18.4 Å². The highest BCUT2D eigenvalue weighted by molar-refractivity contribution is 5.99. The van der Waals surface area contributed by atoms with Gasteiger partial charge in [-0.15, -0.1) is 0 Å². The number of amides is 1. The van der Waals surface area contributed by atoms with Gasteiger partial charge >= 0.3 is 0 Å². The monoisotopic (exact) mass is 286 g/mol. The highest BCUT2D eigenvalue weighted by Gasteiger charge is 2.11. The van der Waals surface area contributed by atoms with Gasteiger partial charge in [0.25, 0.3) is 5.91 Å². The molecule has 2 rings (SSSR count). The van der Waals surface area contributed by atoms with E-state index in [9.17, 15) is 4.79 Å². The fourth-order valence-corrected chi connectivity index (χ4v) is 2.11. The second-order valence-corrected chi connectivity index (χ2v) is 5.06. The Morgan fingerprint density at radius 1 is 1.24 bits per heavy atom.